The molecule has 0 saturated heterocycles. The van der Waals surface area contributed by atoms with E-state index in [0.29, 0.717) is 40.6 Å². The van der Waals surface area contributed by atoms with Gasteiger partial charge in [-0.3, -0.25) is 4.79 Å². The molecule has 0 fully saturated rings. The molecule has 0 aliphatic heterocycles. The van der Waals surface area contributed by atoms with Crippen LogP contribution in [-0.4, -0.2) is 17.6 Å². The third-order valence-corrected chi connectivity index (χ3v) is 4.66. The lowest BCUT2D eigenvalue weighted by Crippen LogP contribution is -2.29. The number of aromatic hydroxyl groups is 1. The number of halogens is 1. The number of phenolic OH excluding ortho intramolecular Hbond substituents is 1. The number of aryl methyl sites for hydroxylation is 2. The molecule has 5 nitrogen and oxygen atoms in total. The number of carbonyl (C=O) groups is 1. The Morgan fingerprint density at radius 3 is 2.52 bits per heavy atom. The number of rotatable bonds is 5. The minimum Gasteiger partial charge on any atom is -0.508 e. The van der Waals surface area contributed by atoms with E-state index in [0.717, 1.165) is 5.56 Å². The number of carbonyl (C=O) groups excluding carboxylic acids is 1. The summed E-state index contributed by atoms with van der Waals surface area (Å²) in [5.74, 6) is -0.538. The van der Waals surface area contributed by atoms with Crippen molar-refractivity contribution in [2.75, 3.05) is 6.54 Å². The molecule has 3 rings (SSSR count). The summed E-state index contributed by atoms with van der Waals surface area (Å²) in [6.07, 6.45) is 0.475. The number of benzene rings is 2. The van der Waals surface area contributed by atoms with E-state index in [-0.39, 0.29) is 23.9 Å². The number of nitrogens with one attached hydrogen (secondary N) is 1. The minimum atomic E-state index is -0.581. The molecule has 2 aromatic carbocycles. The molecule has 0 atom stereocenters. The van der Waals surface area contributed by atoms with E-state index in [2.05, 4.69) is 5.32 Å². The summed E-state index contributed by atoms with van der Waals surface area (Å²) in [6, 6.07) is 9.30. The highest BCUT2D eigenvalue weighted by molar-refractivity contribution is 5.87. The van der Waals surface area contributed by atoms with Crippen molar-refractivity contribution >= 4 is 16.9 Å². The van der Waals surface area contributed by atoms with Crippen LogP contribution in [0.1, 0.15) is 22.3 Å². The smallest absolute Gasteiger partial charge is 0.340 e. The van der Waals surface area contributed by atoms with Gasteiger partial charge in [0, 0.05) is 17.5 Å². The second kappa shape index (κ2) is 7.61. The molecule has 0 unspecified atom stereocenters. The van der Waals surface area contributed by atoms with Gasteiger partial charge < -0.3 is 14.8 Å². The third-order valence-electron chi connectivity index (χ3n) is 4.66. The Bertz CT molecular complexity index is 1050. The van der Waals surface area contributed by atoms with Crippen LogP contribution >= 0.6 is 0 Å². The number of hydrogen-bond donors (Lipinski definition) is 2. The summed E-state index contributed by atoms with van der Waals surface area (Å²) in [6.45, 7) is 3.81. The topological polar surface area (TPSA) is 79.5 Å². The first kappa shape index (κ1) is 18.6. The van der Waals surface area contributed by atoms with Crippen molar-refractivity contribution in [2.24, 2.45) is 0 Å². The molecule has 0 bridgehead atoms. The van der Waals surface area contributed by atoms with Crippen LogP contribution in [0.25, 0.3) is 11.0 Å². The molecule has 1 amide bonds. The number of phenols is 1. The van der Waals surface area contributed by atoms with Gasteiger partial charge in [-0.25, -0.2) is 9.18 Å². The quantitative estimate of drug-likeness (QED) is 0.677. The lowest BCUT2D eigenvalue weighted by molar-refractivity contribution is -0.120. The summed E-state index contributed by atoms with van der Waals surface area (Å²) in [7, 11) is 0. The molecule has 0 saturated carbocycles. The number of fused-ring (bicyclic) bond motifs is 1. The lowest BCUT2D eigenvalue weighted by atomic mass is 10.0. The van der Waals surface area contributed by atoms with Crippen LogP contribution < -0.4 is 10.9 Å². The van der Waals surface area contributed by atoms with Crippen LogP contribution in [0.3, 0.4) is 0 Å². The molecule has 0 aliphatic rings. The zero-order valence-electron chi connectivity index (χ0n) is 15.1. The molecule has 0 spiro atoms. The van der Waals surface area contributed by atoms with Crippen molar-refractivity contribution in [3.63, 3.8) is 0 Å². The molecule has 27 heavy (non-hydrogen) atoms. The largest absolute Gasteiger partial charge is 0.508 e. The summed E-state index contributed by atoms with van der Waals surface area (Å²) in [5.41, 5.74) is 2.11. The summed E-state index contributed by atoms with van der Waals surface area (Å²) >= 11 is 0. The predicted octanol–water partition coefficient (Wildman–Crippen LogP) is 3.16. The highest BCUT2D eigenvalue weighted by atomic mass is 19.1. The van der Waals surface area contributed by atoms with Gasteiger partial charge in [-0.05, 0) is 55.7 Å². The first-order valence-corrected chi connectivity index (χ1v) is 8.63. The second-order valence-corrected chi connectivity index (χ2v) is 6.48. The van der Waals surface area contributed by atoms with E-state index in [4.69, 9.17) is 4.42 Å². The Labute approximate surface area is 155 Å². The van der Waals surface area contributed by atoms with E-state index in [1.54, 1.807) is 32.0 Å². The molecule has 0 aliphatic carbocycles. The molecule has 0 radical (unpaired) electrons. The maximum Gasteiger partial charge on any atom is 0.340 e. The van der Waals surface area contributed by atoms with Crippen molar-refractivity contribution in [1.82, 2.24) is 5.32 Å². The molecule has 2 N–H and O–H groups in total. The fourth-order valence-corrected chi connectivity index (χ4v) is 3.00. The zero-order chi connectivity index (χ0) is 19.6. The molecular formula is C21H20FNO4. The summed E-state index contributed by atoms with van der Waals surface area (Å²) in [5, 5.41) is 13.2. The minimum absolute atomic E-state index is 0.0522. The van der Waals surface area contributed by atoms with Gasteiger partial charge in [-0.15, -0.1) is 0 Å². The zero-order valence-corrected chi connectivity index (χ0v) is 15.1. The van der Waals surface area contributed by atoms with Gasteiger partial charge in [-0.1, -0.05) is 12.1 Å². The van der Waals surface area contributed by atoms with Gasteiger partial charge >= 0.3 is 5.63 Å². The van der Waals surface area contributed by atoms with E-state index in [1.807, 2.05) is 0 Å². The number of hydrogen-bond acceptors (Lipinski definition) is 4. The van der Waals surface area contributed by atoms with Gasteiger partial charge in [0.15, 0.2) is 0 Å². The fraction of sp³-hybridized carbons (Fsp3) is 0.238. The first-order chi connectivity index (χ1) is 12.9. The van der Waals surface area contributed by atoms with Crippen LogP contribution in [0, 0.1) is 19.7 Å². The van der Waals surface area contributed by atoms with Crippen LogP contribution in [0.15, 0.2) is 45.6 Å². The third kappa shape index (κ3) is 4.00. The standard InChI is InChI=1S/C21H20FNO4/c1-12-16-7-8-18(24)13(2)20(16)27-21(26)17(12)11-19(25)23-10-9-14-3-5-15(22)6-4-14/h3-8,24H,9-11H2,1-2H3,(H,23,25). The second-order valence-electron chi connectivity index (χ2n) is 6.48. The molecule has 6 heteroatoms. The molecule has 1 aromatic heterocycles. The monoisotopic (exact) mass is 369 g/mol. The van der Waals surface area contributed by atoms with Gasteiger partial charge in [0.2, 0.25) is 5.91 Å². The summed E-state index contributed by atoms with van der Waals surface area (Å²) < 4.78 is 18.2. The maximum atomic E-state index is 12.9. The van der Waals surface area contributed by atoms with Crippen molar-refractivity contribution < 1.29 is 18.7 Å². The van der Waals surface area contributed by atoms with Crippen molar-refractivity contribution in [2.45, 2.75) is 26.7 Å². The van der Waals surface area contributed by atoms with E-state index >= 15 is 0 Å². The van der Waals surface area contributed by atoms with Gasteiger partial charge in [0.05, 0.1) is 12.0 Å². The van der Waals surface area contributed by atoms with Crippen LogP contribution in [0.4, 0.5) is 4.39 Å². The van der Waals surface area contributed by atoms with Crippen LogP contribution in [0.2, 0.25) is 0 Å². The Morgan fingerprint density at radius 1 is 1.11 bits per heavy atom. The molecular weight excluding hydrogens is 349 g/mol. The van der Waals surface area contributed by atoms with Gasteiger partial charge in [0.1, 0.15) is 17.1 Å². The van der Waals surface area contributed by atoms with Gasteiger partial charge in [0.25, 0.3) is 0 Å². The average molecular weight is 369 g/mol. The number of amides is 1. The molecule has 140 valence electrons. The van der Waals surface area contributed by atoms with Crippen molar-refractivity contribution in [1.29, 1.82) is 0 Å². The summed E-state index contributed by atoms with van der Waals surface area (Å²) in [4.78, 5) is 24.5. The maximum absolute atomic E-state index is 12.9. The van der Waals surface area contributed by atoms with Crippen molar-refractivity contribution in [3.8, 4) is 5.75 Å². The first-order valence-electron chi connectivity index (χ1n) is 8.63. The van der Waals surface area contributed by atoms with Crippen molar-refractivity contribution in [3.05, 3.63) is 74.9 Å². The fourth-order valence-electron chi connectivity index (χ4n) is 3.00. The van der Waals surface area contributed by atoms with E-state index < -0.39 is 5.63 Å². The van der Waals surface area contributed by atoms with E-state index in [9.17, 15) is 19.1 Å². The Balaban J connectivity index is 1.72. The lowest BCUT2D eigenvalue weighted by Gasteiger charge is -2.10. The Kier molecular flexibility index (Phi) is 5.26. The van der Waals surface area contributed by atoms with E-state index in [1.165, 1.54) is 18.2 Å². The Morgan fingerprint density at radius 2 is 1.81 bits per heavy atom. The van der Waals surface area contributed by atoms with Crippen LogP contribution in [-0.2, 0) is 17.6 Å². The normalized spacial score (nSPS) is 10.9. The highest BCUT2D eigenvalue weighted by Crippen LogP contribution is 2.28. The van der Waals surface area contributed by atoms with Gasteiger partial charge in [-0.2, -0.15) is 0 Å². The highest BCUT2D eigenvalue weighted by Gasteiger charge is 2.16. The molecule has 3 aromatic rings. The van der Waals surface area contributed by atoms with Crippen LogP contribution in [0.5, 0.6) is 5.75 Å². The average Bonchev–Trinajstić information content (AvgIpc) is 2.64. The SMILES string of the molecule is Cc1c(CC(=O)NCCc2ccc(F)cc2)c(=O)oc2c(C)c(O)ccc12. The Hall–Kier alpha value is -3.15. The molecule has 1 heterocycles. The predicted molar refractivity (Wildman–Crippen MR) is 100 cm³/mol.